The van der Waals surface area contributed by atoms with E-state index >= 15 is 0 Å². The Bertz CT molecular complexity index is 516. The second-order valence-corrected chi connectivity index (χ2v) is 9.71. The van der Waals surface area contributed by atoms with Crippen LogP contribution in [0, 0.1) is 5.92 Å². The molecule has 7 nitrogen and oxygen atoms in total. The Hall–Kier alpha value is -0.220. The van der Waals surface area contributed by atoms with Crippen LogP contribution < -0.4 is 5.32 Å². The van der Waals surface area contributed by atoms with Crippen molar-refractivity contribution in [3.63, 3.8) is 0 Å². The second-order valence-electron chi connectivity index (χ2n) is 5.48. The minimum absolute atomic E-state index is 0.0694. The van der Waals surface area contributed by atoms with E-state index in [0.717, 1.165) is 19.4 Å². The first-order chi connectivity index (χ1) is 9.35. The van der Waals surface area contributed by atoms with Gasteiger partial charge < -0.3 is 5.32 Å². The van der Waals surface area contributed by atoms with Crippen molar-refractivity contribution < 1.29 is 16.8 Å². The van der Waals surface area contributed by atoms with Gasteiger partial charge in [-0.05, 0) is 32.4 Å². The number of piperidine rings is 1. The molecule has 9 heteroatoms. The van der Waals surface area contributed by atoms with E-state index in [0.29, 0.717) is 19.0 Å². The highest BCUT2D eigenvalue weighted by Crippen LogP contribution is 2.21. The van der Waals surface area contributed by atoms with E-state index in [1.807, 2.05) is 7.05 Å². The average molecular weight is 325 g/mol. The van der Waals surface area contributed by atoms with Crippen LogP contribution in [0.25, 0.3) is 0 Å². The van der Waals surface area contributed by atoms with Gasteiger partial charge >= 0.3 is 0 Å². The summed E-state index contributed by atoms with van der Waals surface area (Å²) in [5.41, 5.74) is 0. The van der Waals surface area contributed by atoms with E-state index < -0.39 is 20.0 Å². The molecule has 1 atom stereocenters. The Labute approximate surface area is 121 Å². The predicted octanol–water partition coefficient (Wildman–Crippen LogP) is -1.11. The third-order valence-electron chi connectivity index (χ3n) is 3.93. The summed E-state index contributed by atoms with van der Waals surface area (Å²) in [5, 5.41) is 3.09. The maximum atomic E-state index is 12.5. The quantitative estimate of drug-likeness (QED) is 0.708. The molecule has 0 aliphatic carbocycles. The predicted molar refractivity (Wildman–Crippen MR) is 77.4 cm³/mol. The summed E-state index contributed by atoms with van der Waals surface area (Å²) >= 11 is 0. The second kappa shape index (κ2) is 6.27. The zero-order valence-corrected chi connectivity index (χ0v) is 13.4. The molecule has 0 bridgehead atoms. The maximum absolute atomic E-state index is 12.5. The van der Waals surface area contributed by atoms with Crippen molar-refractivity contribution in [2.75, 3.05) is 51.3 Å². The molecule has 2 aliphatic heterocycles. The summed E-state index contributed by atoms with van der Waals surface area (Å²) in [6.45, 7) is 2.02. The van der Waals surface area contributed by atoms with E-state index in [1.54, 1.807) is 0 Å². The molecule has 0 aromatic heterocycles. The largest absolute Gasteiger partial charge is 0.319 e. The van der Waals surface area contributed by atoms with Gasteiger partial charge in [0, 0.05) is 26.2 Å². The lowest BCUT2D eigenvalue weighted by atomic mass is 10.00. The summed E-state index contributed by atoms with van der Waals surface area (Å²) in [6.07, 6.45) is 1.89. The van der Waals surface area contributed by atoms with Crippen LogP contribution in [0.3, 0.4) is 0 Å². The lowest BCUT2D eigenvalue weighted by Crippen LogP contribution is -2.53. The molecule has 2 fully saturated rings. The van der Waals surface area contributed by atoms with Crippen LogP contribution in [0.5, 0.6) is 0 Å². The Kier molecular flexibility index (Phi) is 5.06. The lowest BCUT2D eigenvalue weighted by Gasteiger charge is -2.36. The summed E-state index contributed by atoms with van der Waals surface area (Å²) < 4.78 is 50.7. The average Bonchev–Trinajstić information content (AvgIpc) is 2.39. The van der Waals surface area contributed by atoms with Gasteiger partial charge in [-0.15, -0.1) is 0 Å². The third-order valence-corrected chi connectivity index (χ3v) is 7.54. The van der Waals surface area contributed by atoms with Crippen LogP contribution in [0.15, 0.2) is 0 Å². The van der Waals surface area contributed by atoms with Gasteiger partial charge in [-0.2, -0.15) is 17.0 Å². The van der Waals surface area contributed by atoms with Gasteiger partial charge in [0.25, 0.3) is 10.2 Å². The molecular weight excluding hydrogens is 302 g/mol. The van der Waals surface area contributed by atoms with Gasteiger partial charge in [-0.3, -0.25) is 0 Å². The molecule has 0 spiro atoms. The van der Waals surface area contributed by atoms with Crippen LogP contribution in [-0.4, -0.2) is 76.7 Å². The molecule has 0 aromatic carbocycles. The molecule has 0 saturated carbocycles. The van der Waals surface area contributed by atoms with Crippen molar-refractivity contribution in [3.05, 3.63) is 0 Å². The molecule has 2 heterocycles. The number of nitrogens with zero attached hydrogens (tertiary/aromatic N) is 2. The van der Waals surface area contributed by atoms with Crippen LogP contribution in [0.2, 0.25) is 0 Å². The van der Waals surface area contributed by atoms with Crippen molar-refractivity contribution in [2.45, 2.75) is 12.8 Å². The number of hydrogen-bond donors (Lipinski definition) is 1. The minimum atomic E-state index is -3.51. The lowest BCUT2D eigenvalue weighted by molar-refractivity contribution is 0.246. The molecule has 0 aromatic rings. The van der Waals surface area contributed by atoms with Gasteiger partial charge in [-0.1, -0.05) is 0 Å². The number of hydrogen-bond acceptors (Lipinski definition) is 5. The molecule has 20 heavy (non-hydrogen) atoms. The summed E-state index contributed by atoms with van der Waals surface area (Å²) in [5.74, 6) is 0.192. The monoisotopic (exact) mass is 325 g/mol. The van der Waals surface area contributed by atoms with Gasteiger partial charge in [0.15, 0.2) is 9.84 Å². The normalized spacial score (nSPS) is 29.4. The van der Waals surface area contributed by atoms with Crippen molar-refractivity contribution >= 4 is 20.0 Å². The van der Waals surface area contributed by atoms with E-state index in [4.69, 9.17) is 0 Å². The topological polar surface area (TPSA) is 86.8 Å². The van der Waals surface area contributed by atoms with Gasteiger partial charge in [0.1, 0.15) is 0 Å². The zero-order valence-electron chi connectivity index (χ0n) is 11.8. The molecule has 0 amide bonds. The summed E-state index contributed by atoms with van der Waals surface area (Å²) in [4.78, 5) is 0. The fourth-order valence-electron chi connectivity index (χ4n) is 2.78. The fraction of sp³-hybridized carbons (Fsp3) is 1.00. The van der Waals surface area contributed by atoms with E-state index in [1.165, 1.54) is 8.61 Å². The van der Waals surface area contributed by atoms with Crippen LogP contribution in [0.4, 0.5) is 0 Å². The molecule has 2 aliphatic rings. The Morgan fingerprint density at radius 2 is 1.80 bits per heavy atom. The molecule has 118 valence electrons. The third kappa shape index (κ3) is 3.70. The summed E-state index contributed by atoms with van der Waals surface area (Å²) in [6, 6.07) is 0. The summed E-state index contributed by atoms with van der Waals surface area (Å²) in [7, 11) is -4.71. The van der Waals surface area contributed by atoms with Crippen LogP contribution >= 0.6 is 0 Å². The van der Waals surface area contributed by atoms with Gasteiger partial charge in [0.05, 0.1) is 11.5 Å². The zero-order chi connectivity index (χ0) is 14.8. The molecule has 1 unspecified atom stereocenters. The number of rotatable bonds is 4. The standard InChI is InChI=1S/C11H23N3O4S2/c1-12-9-11-3-2-4-14(10-11)20(17,18)13-5-7-19(15,16)8-6-13/h11-12H,2-10H2,1H3. The van der Waals surface area contributed by atoms with Crippen LogP contribution in [-0.2, 0) is 20.0 Å². The number of sulfone groups is 1. The van der Waals surface area contributed by atoms with Crippen molar-refractivity contribution in [1.82, 2.24) is 13.9 Å². The minimum Gasteiger partial charge on any atom is -0.319 e. The molecular formula is C11H23N3O4S2. The van der Waals surface area contributed by atoms with Crippen molar-refractivity contribution in [1.29, 1.82) is 0 Å². The number of nitrogens with one attached hydrogen (secondary N) is 1. The molecule has 2 rings (SSSR count). The Morgan fingerprint density at radius 1 is 1.15 bits per heavy atom. The molecule has 1 N–H and O–H groups in total. The van der Waals surface area contributed by atoms with Crippen LogP contribution in [0.1, 0.15) is 12.8 Å². The first kappa shape index (κ1) is 16.2. The first-order valence-electron chi connectivity index (χ1n) is 6.95. The Balaban J connectivity index is 2.03. The van der Waals surface area contributed by atoms with Gasteiger partial charge in [0.2, 0.25) is 0 Å². The highest BCUT2D eigenvalue weighted by molar-refractivity contribution is 7.91. The SMILES string of the molecule is CNCC1CCCN(S(=O)(=O)N2CCS(=O)(=O)CC2)C1. The smallest absolute Gasteiger partial charge is 0.282 e. The fourth-order valence-corrected chi connectivity index (χ4v) is 5.94. The van der Waals surface area contributed by atoms with E-state index in [2.05, 4.69) is 5.32 Å². The van der Waals surface area contributed by atoms with Gasteiger partial charge in [-0.25, -0.2) is 8.42 Å². The Morgan fingerprint density at radius 3 is 2.40 bits per heavy atom. The van der Waals surface area contributed by atoms with E-state index in [-0.39, 0.29) is 24.6 Å². The molecule has 2 saturated heterocycles. The highest BCUT2D eigenvalue weighted by Gasteiger charge is 2.36. The van der Waals surface area contributed by atoms with Crippen molar-refractivity contribution in [3.8, 4) is 0 Å². The first-order valence-corrected chi connectivity index (χ1v) is 10.2. The van der Waals surface area contributed by atoms with Crippen molar-refractivity contribution in [2.24, 2.45) is 5.92 Å². The molecule has 0 radical (unpaired) electrons. The highest BCUT2D eigenvalue weighted by atomic mass is 32.2. The maximum Gasteiger partial charge on any atom is 0.282 e. The van der Waals surface area contributed by atoms with E-state index in [9.17, 15) is 16.8 Å².